The van der Waals surface area contributed by atoms with Crippen LogP contribution in [0.25, 0.3) is 17.5 Å². The van der Waals surface area contributed by atoms with E-state index in [4.69, 9.17) is 20.8 Å². The molecule has 1 heterocycles. The van der Waals surface area contributed by atoms with Crippen molar-refractivity contribution >= 4 is 35.4 Å². The first kappa shape index (κ1) is 18.8. The lowest BCUT2D eigenvalue weighted by Crippen LogP contribution is -1.97. The number of aliphatic carboxylic acids is 1. The molecule has 0 unspecified atom stereocenters. The van der Waals surface area contributed by atoms with E-state index in [2.05, 4.69) is 10.2 Å². The van der Waals surface area contributed by atoms with Gasteiger partial charge in [0.2, 0.25) is 0 Å². The molecular formula is C18H12ClN2O5S-. The zero-order valence-corrected chi connectivity index (χ0v) is 15.5. The summed E-state index contributed by atoms with van der Waals surface area (Å²) in [6.07, 6.45) is 1.36. The van der Waals surface area contributed by atoms with Crippen LogP contribution in [0.15, 0.2) is 57.0 Å². The Balaban J connectivity index is 1.89. The third-order valence-electron chi connectivity index (χ3n) is 3.36. The van der Waals surface area contributed by atoms with Crippen molar-refractivity contribution in [3.63, 3.8) is 0 Å². The first-order valence-corrected chi connectivity index (χ1v) is 8.73. The maximum atomic E-state index is 11.5. The molecule has 0 aliphatic heterocycles. The van der Waals surface area contributed by atoms with Gasteiger partial charge in [0.05, 0.1) is 12.7 Å². The minimum atomic E-state index is -1.18. The topological polar surface area (TPSA) is 109 Å². The number of halogens is 1. The van der Waals surface area contributed by atoms with Crippen molar-refractivity contribution in [2.45, 2.75) is 5.22 Å². The molecule has 138 valence electrons. The number of rotatable bonds is 6. The van der Waals surface area contributed by atoms with E-state index in [1.807, 2.05) is 0 Å². The molecule has 9 heteroatoms. The molecule has 0 spiro atoms. The van der Waals surface area contributed by atoms with Gasteiger partial charge in [-0.15, -0.1) is 15.9 Å². The Hall–Kier alpha value is -2.97. The molecule has 7 nitrogen and oxygen atoms in total. The van der Waals surface area contributed by atoms with E-state index in [0.717, 1.165) is 11.8 Å². The van der Waals surface area contributed by atoms with Crippen molar-refractivity contribution in [1.29, 1.82) is 0 Å². The minimum absolute atomic E-state index is 0.0268. The number of nitrogens with zero attached hydrogens (tertiary/aromatic N) is 2. The maximum Gasteiger partial charge on any atom is 0.342 e. The van der Waals surface area contributed by atoms with E-state index >= 15 is 0 Å². The smallest absolute Gasteiger partial charge is 0.342 e. The summed E-state index contributed by atoms with van der Waals surface area (Å²) in [4.78, 5) is 11.4. The van der Waals surface area contributed by atoms with Gasteiger partial charge in [-0.25, -0.2) is 4.79 Å². The highest BCUT2D eigenvalue weighted by Gasteiger charge is 2.18. The highest BCUT2D eigenvalue weighted by Crippen LogP contribution is 2.35. The van der Waals surface area contributed by atoms with Gasteiger partial charge in [0.25, 0.3) is 11.1 Å². The van der Waals surface area contributed by atoms with E-state index < -0.39 is 5.97 Å². The molecule has 0 aliphatic rings. The van der Waals surface area contributed by atoms with Gasteiger partial charge in [-0.1, -0.05) is 35.9 Å². The van der Waals surface area contributed by atoms with Gasteiger partial charge in [0.15, 0.2) is 0 Å². The molecule has 0 aliphatic carbocycles. The van der Waals surface area contributed by atoms with E-state index in [-0.39, 0.29) is 21.8 Å². The average molecular weight is 404 g/mol. The fourth-order valence-electron chi connectivity index (χ4n) is 2.19. The molecule has 0 saturated heterocycles. The number of ether oxygens (including phenoxy) is 1. The first-order chi connectivity index (χ1) is 13.0. The zero-order chi connectivity index (χ0) is 19.4. The molecule has 0 fully saturated rings. The molecule has 0 saturated carbocycles. The van der Waals surface area contributed by atoms with Crippen LogP contribution in [0.2, 0.25) is 5.02 Å². The van der Waals surface area contributed by atoms with E-state index in [9.17, 15) is 15.0 Å². The number of methoxy groups -OCH3 is 1. The third kappa shape index (κ3) is 4.60. The second-order valence-electron chi connectivity index (χ2n) is 5.21. The van der Waals surface area contributed by atoms with Crippen molar-refractivity contribution in [2.24, 2.45) is 0 Å². The number of carboxylic acids is 1. The van der Waals surface area contributed by atoms with Crippen LogP contribution in [0.5, 0.6) is 11.5 Å². The molecule has 27 heavy (non-hydrogen) atoms. The Labute approximate surface area is 163 Å². The van der Waals surface area contributed by atoms with Crippen LogP contribution >= 0.6 is 23.4 Å². The van der Waals surface area contributed by atoms with Gasteiger partial charge in [-0.05, 0) is 41.6 Å². The second-order valence-corrected chi connectivity index (χ2v) is 6.64. The average Bonchev–Trinajstić information content (AvgIpc) is 3.09. The summed E-state index contributed by atoms with van der Waals surface area (Å²) in [6.45, 7) is 0. The van der Waals surface area contributed by atoms with Crippen LogP contribution < -0.4 is 9.84 Å². The molecule has 3 aromatic rings. The molecule has 2 aromatic carbocycles. The Morgan fingerprint density at radius 1 is 1.30 bits per heavy atom. The molecule has 0 atom stereocenters. The highest BCUT2D eigenvalue weighted by molar-refractivity contribution is 8.03. The Bertz CT molecular complexity index is 1020. The van der Waals surface area contributed by atoms with Gasteiger partial charge >= 0.3 is 5.97 Å². The lowest BCUT2D eigenvalue weighted by atomic mass is 10.2. The molecule has 0 bridgehead atoms. The number of carboxylic acid groups (broad SMARTS) is 1. The van der Waals surface area contributed by atoms with Gasteiger partial charge in [0.1, 0.15) is 10.7 Å². The van der Waals surface area contributed by atoms with Crippen LogP contribution in [0.4, 0.5) is 0 Å². The summed E-state index contributed by atoms with van der Waals surface area (Å²) in [7, 11) is 1.49. The van der Waals surface area contributed by atoms with Crippen LogP contribution in [-0.4, -0.2) is 28.4 Å². The first-order valence-electron chi connectivity index (χ1n) is 7.53. The molecule has 3 rings (SSSR count). The molecule has 0 amide bonds. The molecule has 0 radical (unpaired) electrons. The quantitative estimate of drug-likeness (QED) is 0.490. The van der Waals surface area contributed by atoms with Gasteiger partial charge < -0.3 is 19.4 Å². The SMILES string of the molecule is COc1ccc(Cl)cc1-c1nnc(S/C(=C\c2cccc([O-])c2)C(=O)O)o1. The van der Waals surface area contributed by atoms with Crippen LogP contribution in [0.1, 0.15) is 5.56 Å². The maximum absolute atomic E-state index is 11.5. The largest absolute Gasteiger partial charge is 0.872 e. The summed E-state index contributed by atoms with van der Waals surface area (Å²) in [5.41, 5.74) is 0.952. The predicted molar refractivity (Wildman–Crippen MR) is 98.7 cm³/mol. The predicted octanol–water partition coefficient (Wildman–Crippen LogP) is 3.69. The van der Waals surface area contributed by atoms with Crippen LogP contribution in [-0.2, 0) is 4.79 Å². The number of hydrogen-bond donors (Lipinski definition) is 1. The standard InChI is InChI=1S/C18H13ClN2O5S/c1-25-14-6-5-11(19)9-13(14)16-20-21-18(26-16)27-15(17(23)24)8-10-3-2-4-12(22)7-10/h2-9,22H,1H3,(H,23,24)/p-1/b15-8-. The minimum Gasteiger partial charge on any atom is -0.872 e. The third-order valence-corrected chi connectivity index (χ3v) is 4.45. The van der Waals surface area contributed by atoms with Crippen molar-refractivity contribution in [3.8, 4) is 23.0 Å². The molecular weight excluding hydrogens is 392 g/mol. The van der Waals surface area contributed by atoms with Crippen molar-refractivity contribution in [1.82, 2.24) is 10.2 Å². The van der Waals surface area contributed by atoms with Crippen molar-refractivity contribution in [2.75, 3.05) is 7.11 Å². The fraction of sp³-hybridized carbons (Fsp3) is 0.0556. The van der Waals surface area contributed by atoms with Gasteiger partial charge in [-0.3, -0.25) is 0 Å². The highest BCUT2D eigenvalue weighted by atomic mass is 35.5. The summed E-state index contributed by atoms with van der Waals surface area (Å²) in [5, 5.41) is 29.1. The summed E-state index contributed by atoms with van der Waals surface area (Å²) in [6, 6.07) is 10.8. The number of thioether (sulfide) groups is 1. The van der Waals surface area contributed by atoms with E-state index in [0.29, 0.717) is 21.9 Å². The number of benzene rings is 2. The van der Waals surface area contributed by atoms with Crippen molar-refractivity contribution < 1.29 is 24.2 Å². The summed E-state index contributed by atoms with van der Waals surface area (Å²) in [5.74, 6) is -0.771. The number of hydrogen-bond acceptors (Lipinski definition) is 7. The Morgan fingerprint density at radius 3 is 2.81 bits per heavy atom. The Morgan fingerprint density at radius 2 is 2.11 bits per heavy atom. The number of aromatic nitrogens is 2. The number of carbonyl (C=O) groups is 1. The summed E-state index contributed by atoms with van der Waals surface area (Å²) >= 11 is 6.77. The second kappa shape index (κ2) is 8.15. The molecule has 1 aromatic heterocycles. The molecule has 1 N–H and O–H groups in total. The summed E-state index contributed by atoms with van der Waals surface area (Å²) < 4.78 is 10.8. The van der Waals surface area contributed by atoms with E-state index in [1.54, 1.807) is 30.3 Å². The normalized spacial score (nSPS) is 11.4. The van der Waals surface area contributed by atoms with E-state index in [1.165, 1.54) is 25.3 Å². The van der Waals surface area contributed by atoms with Crippen LogP contribution in [0.3, 0.4) is 0 Å². The Kier molecular flexibility index (Phi) is 5.68. The van der Waals surface area contributed by atoms with Gasteiger partial charge in [0, 0.05) is 5.02 Å². The fourth-order valence-corrected chi connectivity index (χ4v) is 3.04. The monoisotopic (exact) mass is 403 g/mol. The zero-order valence-electron chi connectivity index (χ0n) is 13.9. The lowest BCUT2D eigenvalue weighted by molar-refractivity contribution is -0.268. The van der Waals surface area contributed by atoms with Gasteiger partial charge in [-0.2, -0.15) is 0 Å². The van der Waals surface area contributed by atoms with Crippen LogP contribution in [0, 0.1) is 0 Å². The lowest BCUT2D eigenvalue weighted by Gasteiger charge is -2.05. The van der Waals surface area contributed by atoms with Crippen molar-refractivity contribution in [3.05, 3.63) is 58.0 Å².